The van der Waals surface area contributed by atoms with Crippen molar-refractivity contribution in [3.8, 4) is 0 Å². The van der Waals surface area contributed by atoms with Crippen molar-refractivity contribution in [3.63, 3.8) is 0 Å². The summed E-state index contributed by atoms with van der Waals surface area (Å²) in [5, 5.41) is 3.10. The summed E-state index contributed by atoms with van der Waals surface area (Å²) in [4.78, 5) is 14.0. The van der Waals surface area contributed by atoms with Crippen molar-refractivity contribution in [1.29, 1.82) is 0 Å². The Morgan fingerprint density at radius 3 is 2.53 bits per heavy atom. The summed E-state index contributed by atoms with van der Waals surface area (Å²) in [6.07, 6.45) is 2.02. The molecule has 19 heavy (non-hydrogen) atoms. The van der Waals surface area contributed by atoms with E-state index in [0.29, 0.717) is 12.0 Å². The van der Waals surface area contributed by atoms with E-state index in [2.05, 4.69) is 55.5 Å². The first kappa shape index (κ1) is 14.1. The molecule has 1 amide bonds. The number of hydrogen-bond acceptors (Lipinski definition) is 2. The number of carbonyl (C=O) groups excluding carboxylic acids is 1. The molecule has 3 unspecified atom stereocenters. The third-order valence-corrected chi connectivity index (χ3v) is 4.00. The molecule has 104 valence electrons. The fourth-order valence-electron chi connectivity index (χ4n) is 2.36. The van der Waals surface area contributed by atoms with Gasteiger partial charge in [-0.15, -0.1) is 0 Å². The molecule has 1 fully saturated rings. The SMILES string of the molecule is CC1CC1C(=O)NCC(Cc1ccccc1)N(C)C. The Kier molecular flexibility index (Phi) is 4.59. The molecule has 2 rings (SSSR count). The molecule has 0 aromatic heterocycles. The van der Waals surface area contributed by atoms with Crippen LogP contribution in [0.1, 0.15) is 18.9 Å². The van der Waals surface area contributed by atoms with Gasteiger partial charge in [0.15, 0.2) is 0 Å². The summed E-state index contributed by atoms with van der Waals surface area (Å²) in [6.45, 7) is 2.86. The molecule has 0 aliphatic heterocycles. The highest BCUT2D eigenvalue weighted by atomic mass is 16.2. The number of likely N-dealkylation sites (N-methyl/N-ethyl adjacent to an activating group) is 1. The minimum absolute atomic E-state index is 0.229. The van der Waals surface area contributed by atoms with Crippen LogP contribution in [0.25, 0.3) is 0 Å². The fourth-order valence-corrected chi connectivity index (χ4v) is 2.36. The maximum atomic E-state index is 11.9. The van der Waals surface area contributed by atoms with E-state index in [9.17, 15) is 4.79 Å². The molecule has 1 aliphatic rings. The molecule has 1 aromatic carbocycles. The van der Waals surface area contributed by atoms with E-state index in [-0.39, 0.29) is 11.8 Å². The van der Waals surface area contributed by atoms with E-state index in [1.54, 1.807) is 0 Å². The standard InChI is InChI=1S/C16H24N2O/c1-12-9-15(12)16(19)17-11-14(18(2)3)10-13-7-5-4-6-8-13/h4-8,12,14-15H,9-11H2,1-3H3,(H,17,19). The predicted molar refractivity (Wildman–Crippen MR) is 77.9 cm³/mol. The van der Waals surface area contributed by atoms with Crippen molar-refractivity contribution in [1.82, 2.24) is 10.2 Å². The van der Waals surface area contributed by atoms with E-state index in [0.717, 1.165) is 19.4 Å². The minimum atomic E-state index is 0.229. The van der Waals surface area contributed by atoms with Gasteiger partial charge in [0, 0.05) is 18.5 Å². The first-order valence-electron chi connectivity index (χ1n) is 7.06. The summed E-state index contributed by atoms with van der Waals surface area (Å²) in [5.74, 6) is 1.07. The average molecular weight is 260 g/mol. The summed E-state index contributed by atoms with van der Waals surface area (Å²) in [6, 6.07) is 10.8. The number of nitrogens with zero attached hydrogens (tertiary/aromatic N) is 1. The van der Waals surface area contributed by atoms with Crippen LogP contribution in [0.15, 0.2) is 30.3 Å². The van der Waals surface area contributed by atoms with Crippen LogP contribution in [0.3, 0.4) is 0 Å². The van der Waals surface area contributed by atoms with Gasteiger partial charge in [-0.2, -0.15) is 0 Å². The van der Waals surface area contributed by atoms with Crippen molar-refractivity contribution in [3.05, 3.63) is 35.9 Å². The van der Waals surface area contributed by atoms with Gasteiger partial charge in [-0.3, -0.25) is 4.79 Å². The van der Waals surface area contributed by atoms with Crippen LogP contribution in [-0.4, -0.2) is 37.5 Å². The van der Waals surface area contributed by atoms with Gasteiger partial charge in [0.1, 0.15) is 0 Å². The highest BCUT2D eigenvalue weighted by Crippen LogP contribution is 2.37. The zero-order valence-electron chi connectivity index (χ0n) is 12.1. The topological polar surface area (TPSA) is 32.3 Å². The number of benzene rings is 1. The molecule has 1 aliphatic carbocycles. The van der Waals surface area contributed by atoms with E-state index in [1.807, 2.05) is 6.07 Å². The highest BCUT2D eigenvalue weighted by Gasteiger charge is 2.39. The van der Waals surface area contributed by atoms with Crippen molar-refractivity contribution in [2.45, 2.75) is 25.8 Å². The van der Waals surface area contributed by atoms with Crippen molar-refractivity contribution >= 4 is 5.91 Å². The van der Waals surface area contributed by atoms with Gasteiger partial charge in [-0.1, -0.05) is 37.3 Å². The molecule has 0 spiro atoms. The quantitative estimate of drug-likeness (QED) is 0.847. The monoisotopic (exact) mass is 260 g/mol. The molecule has 1 N–H and O–H groups in total. The number of rotatable bonds is 6. The molecule has 0 bridgehead atoms. The lowest BCUT2D eigenvalue weighted by Gasteiger charge is -2.24. The Morgan fingerprint density at radius 1 is 1.37 bits per heavy atom. The lowest BCUT2D eigenvalue weighted by molar-refractivity contribution is -0.122. The summed E-state index contributed by atoms with van der Waals surface area (Å²) < 4.78 is 0. The second-order valence-corrected chi connectivity index (χ2v) is 5.87. The van der Waals surface area contributed by atoms with Crippen LogP contribution in [-0.2, 0) is 11.2 Å². The normalized spacial score (nSPS) is 23.2. The summed E-state index contributed by atoms with van der Waals surface area (Å²) >= 11 is 0. The summed E-state index contributed by atoms with van der Waals surface area (Å²) in [7, 11) is 4.14. The fraction of sp³-hybridized carbons (Fsp3) is 0.562. The number of hydrogen-bond donors (Lipinski definition) is 1. The highest BCUT2D eigenvalue weighted by molar-refractivity contribution is 5.81. The zero-order valence-corrected chi connectivity index (χ0v) is 12.1. The van der Waals surface area contributed by atoms with Gasteiger partial charge in [0.25, 0.3) is 0 Å². The maximum absolute atomic E-state index is 11.9. The average Bonchev–Trinajstić information content (AvgIpc) is 3.12. The van der Waals surface area contributed by atoms with Crippen LogP contribution in [0, 0.1) is 11.8 Å². The largest absolute Gasteiger partial charge is 0.354 e. The number of amides is 1. The van der Waals surface area contributed by atoms with Crippen molar-refractivity contribution < 1.29 is 4.79 Å². The number of carbonyl (C=O) groups is 1. The smallest absolute Gasteiger partial charge is 0.223 e. The van der Waals surface area contributed by atoms with Crippen LogP contribution in [0.5, 0.6) is 0 Å². The number of nitrogens with one attached hydrogen (secondary N) is 1. The van der Waals surface area contributed by atoms with Gasteiger partial charge >= 0.3 is 0 Å². The first-order chi connectivity index (χ1) is 9.08. The third-order valence-electron chi connectivity index (χ3n) is 4.00. The van der Waals surface area contributed by atoms with Crippen LogP contribution >= 0.6 is 0 Å². The molecule has 3 atom stereocenters. The molecule has 0 saturated heterocycles. The Bertz CT molecular complexity index is 416. The van der Waals surface area contributed by atoms with Crippen LogP contribution in [0.2, 0.25) is 0 Å². The molecule has 0 heterocycles. The molecule has 1 saturated carbocycles. The summed E-state index contributed by atoms with van der Waals surface area (Å²) in [5.41, 5.74) is 1.32. The second kappa shape index (κ2) is 6.20. The van der Waals surface area contributed by atoms with Gasteiger partial charge in [-0.25, -0.2) is 0 Å². The van der Waals surface area contributed by atoms with Crippen LogP contribution in [0.4, 0.5) is 0 Å². The van der Waals surface area contributed by atoms with E-state index in [1.165, 1.54) is 5.56 Å². The lowest BCUT2D eigenvalue weighted by atomic mass is 10.1. The zero-order chi connectivity index (χ0) is 13.8. The maximum Gasteiger partial charge on any atom is 0.223 e. The Morgan fingerprint density at radius 2 is 2.00 bits per heavy atom. The minimum Gasteiger partial charge on any atom is -0.354 e. The molecule has 0 radical (unpaired) electrons. The molecular weight excluding hydrogens is 236 g/mol. The Hall–Kier alpha value is -1.35. The Labute approximate surface area is 116 Å². The van der Waals surface area contributed by atoms with Gasteiger partial charge < -0.3 is 10.2 Å². The molecule has 3 nitrogen and oxygen atoms in total. The van der Waals surface area contributed by atoms with E-state index >= 15 is 0 Å². The van der Waals surface area contributed by atoms with Gasteiger partial charge in [-0.05, 0) is 38.4 Å². The predicted octanol–water partition coefficient (Wildman–Crippen LogP) is 1.93. The van der Waals surface area contributed by atoms with E-state index in [4.69, 9.17) is 0 Å². The van der Waals surface area contributed by atoms with E-state index < -0.39 is 0 Å². The lowest BCUT2D eigenvalue weighted by Crippen LogP contribution is -2.42. The van der Waals surface area contributed by atoms with Crippen LogP contribution < -0.4 is 5.32 Å². The molecule has 3 heteroatoms. The Balaban J connectivity index is 1.84. The first-order valence-corrected chi connectivity index (χ1v) is 7.06. The van der Waals surface area contributed by atoms with Crippen molar-refractivity contribution in [2.24, 2.45) is 11.8 Å². The van der Waals surface area contributed by atoms with Gasteiger partial charge in [0.2, 0.25) is 5.91 Å². The third kappa shape index (κ3) is 4.06. The second-order valence-electron chi connectivity index (χ2n) is 5.87. The van der Waals surface area contributed by atoms with Crippen molar-refractivity contribution in [2.75, 3.05) is 20.6 Å². The molecular formula is C16H24N2O. The van der Waals surface area contributed by atoms with Gasteiger partial charge in [0.05, 0.1) is 0 Å². The molecule has 1 aromatic rings.